The Kier molecular flexibility index (Phi) is 11.5. The molecule has 16 aromatic rings. The van der Waals surface area contributed by atoms with E-state index >= 15 is 0 Å². The van der Waals surface area contributed by atoms with Crippen LogP contribution in [0.3, 0.4) is 0 Å². The Labute approximate surface area is 561 Å². The third-order valence-corrected chi connectivity index (χ3v) is 24.0. The second-order valence-corrected chi connectivity index (χ2v) is 29.7. The van der Waals surface area contributed by atoms with Gasteiger partial charge in [0.2, 0.25) is 0 Å². The van der Waals surface area contributed by atoms with E-state index in [0.29, 0.717) is 0 Å². The molecule has 0 radical (unpaired) electrons. The number of hydrogen-bond donors (Lipinski definition) is 0. The zero-order valence-electron chi connectivity index (χ0n) is 53.1. The topological polar surface area (TPSA) is 9.86 Å². The summed E-state index contributed by atoms with van der Waals surface area (Å²) in [5.74, 6) is 0. The maximum Gasteiger partial charge on any atom is 0.0725 e. The number of aromatic nitrogens is 2. The Balaban J connectivity index is 0.609. The first-order valence-electron chi connectivity index (χ1n) is 33.2. The molecule has 4 aromatic heterocycles. The van der Waals surface area contributed by atoms with E-state index in [-0.39, 0.29) is 10.8 Å². The highest BCUT2D eigenvalue weighted by Crippen LogP contribution is 2.63. The molecule has 95 heavy (non-hydrogen) atoms. The lowest BCUT2D eigenvalue weighted by Gasteiger charge is -2.30. The van der Waals surface area contributed by atoms with Crippen molar-refractivity contribution in [2.75, 3.05) is 0 Å². The number of hydrogen-bond acceptors (Lipinski definition) is 2. The van der Waals surface area contributed by atoms with Crippen LogP contribution in [0.4, 0.5) is 0 Å². The molecule has 0 aliphatic heterocycles. The van der Waals surface area contributed by atoms with Crippen LogP contribution in [0, 0.1) is 0 Å². The van der Waals surface area contributed by atoms with Gasteiger partial charge in [0.25, 0.3) is 0 Å². The highest BCUT2D eigenvalue weighted by molar-refractivity contribution is 7.16. The summed E-state index contributed by atoms with van der Waals surface area (Å²) in [7, 11) is 0. The maximum atomic E-state index is 2.48. The fourth-order valence-corrected chi connectivity index (χ4v) is 19.2. The molecule has 0 bridgehead atoms. The summed E-state index contributed by atoms with van der Waals surface area (Å²) < 4.78 is 4.93. The minimum atomic E-state index is -0.479. The van der Waals surface area contributed by atoms with Crippen LogP contribution in [0.2, 0.25) is 0 Å². The molecule has 2 nitrogen and oxygen atoms in total. The minimum Gasteiger partial charge on any atom is -0.309 e. The van der Waals surface area contributed by atoms with Crippen molar-refractivity contribution in [3.8, 4) is 76.8 Å². The Bertz CT molecular complexity index is 5690. The number of thiophene rings is 2. The first kappa shape index (κ1) is 54.7. The summed E-state index contributed by atoms with van der Waals surface area (Å²) in [6.07, 6.45) is 9.26. The van der Waals surface area contributed by atoms with E-state index < -0.39 is 5.41 Å². The van der Waals surface area contributed by atoms with Crippen molar-refractivity contribution in [2.24, 2.45) is 0 Å². The van der Waals surface area contributed by atoms with Crippen LogP contribution in [-0.2, 0) is 16.2 Å². The van der Waals surface area contributed by atoms with Gasteiger partial charge in [-0.25, -0.2) is 0 Å². The van der Waals surface area contributed by atoms with Gasteiger partial charge in [0.1, 0.15) is 0 Å². The molecule has 4 heterocycles. The average Bonchev–Trinajstić information content (AvgIpc) is 1.51. The van der Waals surface area contributed by atoms with Gasteiger partial charge >= 0.3 is 0 Å². The quantitative estimate of drug-likeness (QED) is 0.143. The Hall–Kier alpha value is -10.9. The third kappa shape index (κ3) is 7.78. The summed E-state index contributed by atoms with van der Waals surface area (Å²) in [6, 6.07) is 106. The van der Waals surface area contributed by atoms with E-state index in [2.05, 4.69) is 340 Å². The summed E-state index contributed by atoms with van der Waals surface area (Å²) in [5, 5.41) is 5.07. The van der Waals surface area contributed by atoms with Gasteiger partial charge in [-0.15, -0.1) is 22.7 Å². The molecule has 4 aliphatic rings. The lowest BCUT2D eigenvalue weighted by molar-refractivity contribution is 0.660. The number of rotatable bonds is 8. The predicted octanol–water partition coefficient (Wildman–Crippen LogP) is 24.6. The second-order valence-electron chi connectivity index (χ2n) is 27.5. The minimum absolute atomic E-state index is 0.0762. The van der Waals surface area contributed by atoms with Crippen molar-refractivity contribution in [2.45, 2.75) is 43.9 Å². The predicted molar refractivity (Wildman–Crippen MR) is 404 cm³/mol. The van der Waals surface area contributed by atoms with Crippen molar-refractivity contribution >= 4 is 90.6 Å². The van der Waals surface area contributed by atoms with E-state index in [9.17, 15) is 0 Å². The zero-order chi connectivity index (χ0) is 63.1. The summed E-state index contributed by atoms with van der Waals surface area (Å²) >= 11 is 3.70. The normalized spacial score (nSPS) is 14.7. The van der Waals surface area contributed by atoms with Crippen LogP contribution in [-0.4, -0.2) is 9.13 Å². The van der Waals surface area contributed by atoms with Gasteiger partial charge in [0, 0.05) is 63.3 Å². The Morgan fingerprint density at radius 2 is 0.621 bits per heavy atom. The van der Waals surface area contributed by atoms with Gasteiger partial charge in [-0.3, -0.25) is 0 Å². The Morgan fingerprint density at radius 3 is 1.07 bits per heavy atom. The standard InChI is InChI=1S/C91H62N2S2/c1-89(2)75-23-11-5-17-63(75)67-43-35-59(53-79(67)89)92-83-27-15-9-21-71(83)73-51-57(33-45-85(73)92)87-47-39-61(94-87)37-29-55-31-41-69-70-42-32-56(50-82(70)91(81(69)49-55)77-25-13-7-19-65(77)66-20-8-14-26-78(66)91)30-38-62-40-48-88(95-62)58-34-46-86-74(52-58)72-22-10-16-28-84(72)93(86)60-36-44-68-64-18-6-12-24-76(64)90(3,4)80(68)54-60/h5-54H,1-4H3. The Morgan fingerprint density at radius 1 is 0.263 bits per heavy atom. The summed E-state index contributed by atoms with van der Waals surface area (Å²) in [6.45, 7) is 9.46. The van der Waals surface area contributed by atoms with E-state index in [4.69, 9.17) is 0 Å². The van der Waals surface area contributed by atoms with Crippen LogP contribution in [0.15, 0.2) is 279 Å². The van der Waals surface area contributed by atoms with Crippen LogP contribution in [0.1, 0.15) is 93.1 Å². The van der Waals surface area contributed by atoms with Crippen molar-refractivity contribution in [1.29, 1.82) is 0 Å². The molecule has 0 fully saturated rings. The summed E-state index contributed by atoms with van der Waals surface area (Å²) in [4.78, 5) is 4.96. The SMILES string of the molecule is CC1(C)c2ccccc2-c2ccc(-n3c4ccccc4c4cc(-c5ccc(C=Cc6ccc7c(c6)C6(c8ccccc8-c8ccccc86)c6cc(C=Cc8ccc(-c9ccc%10c(c9)c9ccccc9n%10-c9ccc%10c(c9)C(C)(C)c9ccccc9-%10)s8)ccc6-7)s5)ccc43)cc21. The van der Waals surface area contributed by atoms with Gasteiger partial charge in [-0.05, 0) is 220 Å². The van der Waals surface area contributed by atoms with Crippen LogP contribution < -0.4 is 0 Å². The van der Waals surface area contributed by atoms with Gasteiger partial charge in [-0.1, -0.05) is 222 Å². The molecule has 0 N–H and O–H groups in total. The monoisotopic (exact) mass is 1250 g/mol. The molecule has 0 saturated carbocycles. The molecule has 4 aliphatic carbocycles. The van der Waals surface area contributed by atoms with Crippen molar-refractivity contribution < 1.29 is 0 Å². The molecule has 0 unspecified atom stereocenters. The molecule has 1 spiro atoms. The van der Waals surface area contributed by atoms with Gasteiger partial charge in [0.05, 0.1) is 27.5 Å². The highest BCUT2D eigenvalue weighted by atomic mass is 32.1. The van der Waals surface area contributed by atoms with E-state index in [1.165, 1.54) is 186 Å². The third-order valence-electron chi connectivity index (χ3n) is 21.8. The van der Waals surface area contributed by atoms with Crippen LogP contribution >= 0.6 is 22.7 Å². The van der Waals surface area contributed by atoms with Crippen molar-refractivity contribution in [3.63, 3.8) is 0 Å². The van der Waals surface area contributed by atoms with Crippen molar-refractivity contribution in [1.82, 2.24) is 9.13 Å². The molecule has 20 rings (SSSR count). The average molecular weight is 1250 g/mol. The molecule has 12 aromatic carbocycles. The van der Waals surface area contributed by atoms with Gasteiger partial charge in [0.15, 0.2) is 0 Å². The second kappa shape index (κ2) is 20.1. The number of benzene rings is 12. The molecule has 0 saturated heterocycles. The molecular formula is C91H62N2S2. The first-order valence-corrected chi connectivity index (χ1v) is 34.8. The molecule has 448 valence electrons. The van der Waals surface area contributed by atoms with E-state index in [0.717, 1.165) is 0 Å². The number of fused-ring (bicyclic) bond motifs is 22. The van der Waals surface area contributed by atoms with E-state index in [1.54, 1.807) is 0 Å². The van der Waals surface area contributed by atoms with Crippen molar-refractivity contribution in [3.05, 3.63) is 344 Å². The molecular weight excluding hydrogens is 1190 g/mol. The van der Waals surface area contributed by atoms with Gasteiger partial charge < -0.3 is 9.13 Å². The smallest absolute Gasteiger partial charge is 0.0725 e. The van der Waals surface area contributed by atoms with Crippen LogP contribution in [0.5, 0.6) is 0 Å². The lowest BCUT2D eigenvalue weighted by Crippen LogP contribution is -2.26. The molecule has 0 amide bonds. The first-order chi connectivity index (χ1) is 46.6. The molecule has 4 heteroatoms. The zero-order valence-corrected chi connectivity index (χ0v) is 54.7. The highest BCUT2D eigenvalue weighted by Gasteiger charge is 2.52. The number of nitrogens with zero attached hydrogens (tertiary/aromatic N) is 2. The maximum absolute atomic E-state index is 2.48. The van der Waals surface area contributed by atoms with E-state index in [1.807, 2.05) is 22.7 Å². The van der Waals surface area contributed by atoms with Gasteiger partial charge in [-0.2, -0.15) is 0 Å². The largest absolute Gasteiger partial charge is 0.309 e. The summed E-state index contributed by atoms with van der Waals surface area (Å²) in [5.41, 5.74) is 33.0. The fraction of sp³-hybridized carbons (Fsp3) is 0.0769. The lowest BCUT2D eigenvalue weighted by atomic mass is 9.70. The number of para-hydroxylation sites is 2. The fourth-order valence-electron chi connectivity index (χ4n) is 17.4. The molecule has 0 atom stereocenters. The van der Waals surface area contributed by atoms with Crippen LogP contribution in [0.25, 0.3) is 145 Å².